The summed E-state index contributed by atoms with van der Waals surface area (Å²) >= 11 is 6.02. The first kappa shape index (κ1) is 15.5. The largest absolute Gasteiger partial charge is 0.466 e. The predicted molar refractivity (Wildman–Crippen MR) is 97.6 cm³/mol. The monoisotopic (exact) mass is 340 g/mol. The topological polar surface area (TPSA) is 24.8 Å². The van der Waals surface area contributed by atoms with Crippen molar-refractivity contribution in [1.29, 1.82) is 0 Å². The number of ether oxygens (including phenoxy) is 1. The van der Waals surface area contributed by atoms with E-state index in [4.69, 9.17) is 21.4 Å². The standard InChI is InChI=1S/C20H21ClN2O/c1-3-12-20(2)23-18(16-6-4-5-7-19(16)24-20)13-17(22-23)14-8-10-15(21)11-9-14/h4-11,18H,3,12-13H2,1-2H3/t18-,20+/m1/s1. The molecular formula is C20H21ClN2O. The molecule has 0 aliphatic carbocycles. The van der Waals surface area contributed by atoms with E-state index in [1.807, 2.05) is 30.3 Å². The van der Waals surface area contributed by atoms with Gasteiger partial charge in [-0.2, -0.15) is 5.10 Å². The van der Waals surface area contributed by atoms with Gasteiger partial charge in [0.05, 0.1) is 11.8 Å². The third-order valence-corrected chi connectivity index (χ3v) is 5.15. The minimum atomic E-state index is -0.401. The second kappa shape index (κ2) is 5.82. The zero-order chi connectivity index (χ0) is 16.7. The van der Waals surface area contributed by atoms with E-state index in [1.165, 1.54) is 5.56 Å². The molecule has 0 saturated heterocycles. The fraction of sp³-hybridized carbons (Fsp3) is 0.350. The number of halogens is 1. The van der Waals surface area contributed by atoms with Crippen LogP contribution in [0, 0.1) is 0 Å². The molecule has 2 aliphatic rings. The van der Waals surface area contributed by atoms with Crippen LogP contribution in [0.2, 0.25) is 5.02 Å². The first-order valence-corrected chi connectivity index (χ1v) is 8.89. The van der Waals surface area contributed by atoms with Gasteiger partial charge in [0.1, 0.15) is 5.75 Å². The Kier molecular flexibility index (Phi) is 3.76. The third-order valence-electron chi connectivity index (χ3n) is 4.89. The van der Waals surface area contributed by atoms with E-state index in [1.54, 1.807) is 0 Å². The molecule has 0 unspecified atom stereocenters. The van der Waals surface area contributed by atoms with Crippen molar-refractivity contribution in [2.24, 2.45) is 5.10 Å². The number of hydrazone groups is 1. The first-order chi connectivity index (χ1) is 11.6. The Morgan fingerprint density at radius 2 is 1.96 bits per heavy atom. The molecule has 0 N–H and O–H groups in total. The van der Waals surface area contributed by atoms with Gasteiger partial charge in [-0.3, -0.25) is 0 Å². The van der Waals surface area contributed by atoms with Gasteiger partial charge >= 0.3 is 0 Å². The fourth-order valence-corrected chi connectivity index (χ4v) is 3.89. The lowest BCUT2D eigenvalue weighted by molar-refractivity contribution is -0.111. The molecule has 0 fully saturated rings. The van der Waals surface area contributed by atoms with E-state index in [-0.39, 0.29) is 6.04 Å². The number of nitrogens with zero attached hydrogens (tertiary/aromatic N) is 2. The summed E-state index contributed by atoms with van der Waals surface area (Å²) in [4.78, 5) is 0. The third kappa shape index (κ3) is 2.48. The van der Waals surface area contributed by atoms with E-state index in [0.717, 1.165) is 41.3 Å². The van der Waals surface area contributed by atoms with E-state index >= 15 is 0 Å². The van der Waals surface area contributed by atoms with Crippen LogP contribution in [-0.4, -0.2) is 16.4 Å². The number of hydrogen-bond acceptors (Lipinski definition) is 3. The summed E-state index contributed by atoms with van der Waals surface area (Å²) in [7, 11) is 0. The summed E-state index contributed by atoms with van der Waals surface area (Å²) in [6.45, 7) is 4.33. The molecule has 4 heteroatoms. The summed E-state index contributed by atoms with van der Waals surface area (Å²) in [6, 6.07) is 16.5. The summed E-state index contributed by atoms with van der Waals surface area (Å²) in [5.74, 6) is 0.988. The molecule has 2 aromatic carbocycles. The van der Waals surface area contributed by atoms with Crippen LogP contribution >= 0.6 is 11.6 Å². The Hall–Kier alpha value is -2.00. The smallest absolute Gasteiger partial charge is 0.195 e. The summed E-state index contributed by atoms with van der Waals surface area (Å²) in [5, 5.41) is 7.88. The average Bonchev–Trinajstić information content (AvgIpc) is 3.02. The van der Waals surface area contributed by atoms with Gasteiger partial charge in [0.25, 0.3) is 0 Å². The van der Waals surface area contributed by atoms with Gasteiger partial charge in [0.2, 0.25) is 0 Å². The minimum absolute atomic E-state index is 0.233. The van der Waals surface area contributed by atoms with E-state index in [9.17, 15) is 0 Å². The van der Waals surface area contributed by atoms with Crippen LogP contribution in [0.25, 0.3) is 0 Å². The molecule has 0 bridgehead atoms. The highest BCUT2D eigenvalue weighted by Gasteiger charge is 2.46. The van der Waals surface area contributed by atoms with Crippen LogP contribution in [-0.2, 0) is 0 Å². The molecule has 2 aliphatic heterocycles. The highest BCUT2D eigenvalue weighted by atomic mass is 35.5. The maximum Gasteiger partial charge on any atom is 0.195 e. The SMILES string of the molecule is CCC[C@]1(C)Oc2ccccc2[C@H]2CC(c3ccc(Cl)cc3)=NN21. The first-order valence-electron chi connectivity index (χ1n) is 8.51. The molecule has 0 aromatic heterocycles. The highest BCUT2D eigenvalue weighted by Crippen LogP contribution is 2.47. The fourth-order valence-electron chi connectivity index (χ4n) is 3.77. The van der Waals surface area contributed by atoms with Crippen LogP contribution in [0.3, 0.4) is 0 Å². The molecule has 4 rings (SSSR count). The summed E-state index contributed by atoms with van der Waals surface area (Å²) in [6.07, 6.45) is 2.88. The van der Waals surface area contributed by atoms with Crippen LogP contribution in [0.1, 0.15) is 50.3 Å². The maximum atomic E-state index is 6.37. The Morgan fingerprint density at radius 3 is 2.71 bits per heavy atom. The van der Waals surface area contributed by atoms with Gasteiger partial charge in [0, 0.05) is 23.4 Å². The van der Waals surface area contributed by atoms with Gasteiger partial charge in [-0.1, -0.05) is 55.3 Å². The molecule has 124 valence electrons. The second-order valence-electron chi connectivity index (χ2n) is 6.68. The van der Waals surface area contributed by atoms with Crippen molar-refractivity contribution < 1.29 is 4.74 Å². The molecule has 3 nitrogen and oxygen atoms in total. The van der Waals surface area contributed by atoms with E-state index in [2.05, 4.69) is 37.1 Å². The summed E-state index contributed by atoms with van der Waals surface area (Å²) < 4.78 is 6.37. The number of hydrogen-bond donors (Lipinski definition) is 0. The Labute approximate surface area is 147 Å². The molecular weight excluding hydrogens is 320 g/mol. The number of para-hydroxylation sites is 1. The Bertz CT molecular complexity index is 786. The quantitative estimate of drug-likeness (QED) is 0.747. The van der Waals surface area contributed by atoms with Gasteiger partial charge < -0.3 is 4.74 Å². The zero-order valence-corrected chi connectivity index (χ0v) is 14.8. The normalized spacial score (nSPS) is 24.9. The van der Waals surface area contributed by atoms with Crippen molar-refractivity contribution >= 4 is 17.3 Å². The van der Waals surface area contributed by atoms with Crippen molar-refractivity contribution in [3.05, 3.63) is 64.7 Å². The van der Waals surface area contributed by atoms with E-state index < -0.39 is 5.72 Å². The summed E-state index contributed by atoms with van der Waals surface area (Å²) in [5.41, 5.74) is 3.05. The average molecular weight is 341 g/mol. The molecule has 2 aromatic rings. The van der Waals surface area contributed by atoms with Crippen LogP contribution < -0.4 is 4.74 Å². The van der Waals surface area contributed by atoms with Crippen molar-refractivity contribution in [2.75, 3.05) is 0 Å². The van der Waals surface area contributed by atoms with Crippen molar-refractivity contribution in [1.82, 2.24) is 5.01 Å². The van der Waals surface area contributed by atoms with Crippen LogP contribution in [0.15, 0.2) is 53.6 Å². The minimum Gasteiger partial charge on any atom is -0.466 e. The van der Waals surface area contributed by atoms with Crippen LogP contribution in [0.5, 0.6) is 5.75 Å². The van der Waals surface area contributed by atoms with Crippen molar-refractivity contribution in [2.45, 2.75) is 44.9 Å². The highest BCUT2D eigenvalue weighted by molar-refractivity contribution is 6.30. The second-order valence-corrected chi connectivity index (χ2v) is 7.12. The lowest BCUT2D eigenvalue weighted by atomic mass is 9.94. The molecule has 2 heterocycles. The molecule has 0 radical (unpaired) electrons. The van der Waals surface area contributed by atoms with Crippen molar-refractivity contribution in [3.8, 4) is 5.75 Å². The number of rotatable bonds is 3. The maximum absolute atomic E-state index is 6.37. The van der Waals surface area contributed by atoms with Gasteiger partial charge in [-0.25, -0.2) is 5.01 Å². The lowest BCUT2D eigenvalue weighted by Gasteiger charge is -2.45. The molecule has 0 saturated carbocycles. The van der Waals surface area contributed by atoms with E-state index in [0.29, 0.717) is 0 Å². The number of fused-ring (bicyclic) bond motifs is 3. The Morgan fingerprint density at radius 1 is 1.21 bits per heavy atom. The lowest BCUT2D eigenvalue weighted by Crippen LogP contribution is -2.51. The van der Waals surface area contributed by atoms with Gasteiger partial charge in [-0.05, 0) is 30.7 Å². The van der Waals surface area contributed by atoms with Crippen molar-refractivity contribution in [3.63, 3.8) is 0 Å². The zero-order valence-electron chi connectivity index (χ0n) is 14.0. The Balaban J connectivity index is 1.76. The van der Waals surface area contributed by atoms with Gasteiger partial charge in [0.15, 0.2) is 5.72 Å². The molecule has 0 amide bonds. The predicted octanol–water partition coefficient (Wildman–Crippen LogP) is 5.40. The molecule has 24 heavy (non-hydrogen) atoms. The molecule has 2 atom stereocenters. The molecule has 0 spiro atoms. The van der Waals surface area contributed by atoms with Gasteiger partial charge in [-0.15, -0.1) is 0 Å². The number of benzene rings is 2. The van der Waals surface area contributed by atoms with Crippen LogP contribution in [0.4, 0.5) is 0 Å².